The third-order valence-corrected chi connectivity index (χ3v) is 8.97. The normalized spacial score (nSPS) is 20.9. The summed E-state index contributed by atoms with van der Waals surface area (Å²) in [6.45, 7) is 5.06. The predicted octanol–water partition coefficient (Wildman–Crippen LogP) is 3.27. The average Bonchev–Trinajstić information content (AvgIpc) is 3.11. The summed E-state index contributed by atoms with van der Waals surface area (Å²) in [4.78, 5) is 22.1. The molecule has 9 heteroatoms. The van der Waals surface area contributed by atoms with Crippen LogP contribution >= 0.6 is 0 Å². The van der Waals surface area contributed by atoms with Gasteiger partial charge in [-0.25, -0.2) is 13.4 Å². The minimum absolute atomic E-state index is 0.198. The molecule has 0 unspecified atom stereocenters. The number of rotatable bonds is 5. The second-order valence-corrected chi connectivity index (χ2v) is 12.2. The molecule has 1 aliphatic rings. The molecule has 1 fully saturated rings. The van der Waals surface area contributed by atoms with E-state index < -0.39 is 26.2 Å². The lowest BCUT2D eigenvalue weighted by molar-refractivity contribution is 0.0266. The number of pyridine rings is 1. The lowest BCUT2D eigenvalue weighted by atomic mass is 9.99. The van der Waals surface area contributed by atoms with E-state index in [2.05, 4.69) is 21.2 Å². The molecule has 0 amide bonds. The minimum atomic E-state index is -3.30. The maximum absolute atomic E-state index is 13.2. The molecule has 1 aromatic carbocycles. The van der Waals surface area contributed by atoms with Crippen molar-refractivity contribution in [3.05, 3.63) is 58.0 Å². The van der Waals surface area contributed by atoms with E-state index in [0.29, 0.717) is 35.1 Å². The fourth-order valence-electron chi connectivity index (χ4n) is 4.41. The molecule has 2 aromatic heterocycles. The maximum Gasteiger partial charge on any atom is 0.268 e. The van der Waals surface area contributed by atoms with E-state index in [-0.39, 0.29) is 17.1 Å². The molecule has 0 aliphatic heterocycles. The zero-order valence-corrected chi connectivity index (χ0v) is 20.5. The van der Waals surface area contributed by atoms with Crippen LogP contribution in [0.15, 0.2) is 41.3 Å². The molecule has 0 bridgehead atoms. The van der Waals surface area contributed by atoms with Crippen LogP contribution in [0.2, 0.25) is 0 Å². The van der Waals surface area contributed by atoms with Crippen LogP contribution in [0.1, 0.15) is 57.2 Å². The number of anilines is 2. The molecular weight excluding hydrogens is 452 g/mol. The number of sulfone groups is 1. The number of fused-ring (bicyclic) bond motifs is 1. The predicted molar refractivity (Wildman–Crippen MR) is 133 cm³/mol. The molecule has 2 heterocycles. The molecule has 0 radical (unpaired) electrons. The first kappa shape index (κ1) is 23.9. The third-order valence-electron chi connectivity index (χ3n) is 6.88. The second-order valence-electron chi connectivity index (χ2n) is 9.60. The van der Waals surface area contributed by atoms with Gasteiger partial charge in [0, 0.05) is 23.5 Å². The largest absolute Gasteiger partial charge is 0.388 e. The number of terminal acetylenes is 1. The summed E-state index contributed by atoms with van der Waals surface area (Å²) >= 11 is 0. The lowest BCUT2D eigenvalue weighted by Gasteiger charge is -2.28. The first-order valence-electron chi connectivity index (χ1n) is 11.0. The Labute approximate surface area is 199 Å². The summed E-state index contributed by atoms with van der Waals surface area (Å²) in [5, 5.41) is 14.6. The second kappa shape index (κ2) is 8.22. The van der Waals surface area contributed by atoms with Gasteiger partial charge in [0.1, 0.15) is 5.65 Å². The van der Waals surface area contributed by atoms with Gasteiger partial charge in [-0.3, -0.25) is 9.36 Å². The van der Waals surface area contributed by atoms with Gasteiger partial charge in [0.25, 0.3) is 5.56 Å². The standard InChI is InChI=1S/C25H28N4O4S/c1-6-16-14-17-15-26-23(27-19-11-9-18(10-12-19)24(2,3)34(5,32)33)28-21(17)29(22(16)30)20-8-7-13-25(20,4)31/h1,9-12,14-15,20,31H,7-8,13H2,2-5H3,(H,26,27,28)/t20-,25-/m1/s1. The number of aliphatic hydroxyl groups is 1. The monoisotopic (exact) mass is 480 g/mol. The van der Waals surface area contributed by atoms with Crippen LogP contribution in [0.3, 0.4) is 0 Å². The molecule has 178 valence electrons. The van der Waals surface area contributed by atoms with Gasteiger partial charge in [-0.05, 0) is 63.8 Å². The first-order chi connectivity index (χ1) is 15.8. The Bertz CT molecular complexity index is 1470. The van der Waals surface area contributed by atoms with E-state index >= 15 is 0 Å². The van der Waals surface area contributed by atoms with Crippen LogP contribution < -0.4 is 10.9 Å². The van der Waals surface area contributed by atoms with Crippen LogP contribution in [-0.4, -0.2) is 39.9 Å². The van der Waals surface area contributed by atoms with E-state index in [1.165, 1.54) is 10.8 Å². The van der Waals surface area contributed by atoms with Crippen molar-refractivity contribution < 1.29 is 13.5 Å². The molecule has 0 saturated heterocycles. The highest BCUT2D eigenvalue weighted by Gasteiger charge is 2.39. The topological polar surface area (TPSA) is 114 Å². The Kier molecular flexibility index (Phi) is 5.78. The van der Waals surface area contributed by atoms with E-state index in [9.17, 15) is 18.3 Å². The fraction of sp³-hybridized carbons (Fsp3) is 0.400. The molecule has 0 spiro atoms. The molecule has 34 heavy (non-hydrogen) atoms. The molecule has 4 rings (SSSR count). The van der Waals surface area contributed by atoms with Gasteiger partial charge >= 0.3 is 0 Å². The van der Waals surface area contributed by atoms with Crippen molar-refractivity contribution in [1.82, 2.24) is 14.5 Å². The Balaban J connectivity index is 1.75. The van der Waals surface area contributed by atoms with Gasteiger partial charge in [0.2, 0.25) is 5.95 Å². The van der Waals surface area contributed by atoms with Crippen LogP contribution in [0.25, 0.3) is 11.0 Å². The molecule has 3 aromatic rings. The first-order valence-corrected chi connectivity index (χ1v) is 12.9. The number of aromatic nitrogens is 3. The highest BCUT2D eigenvalue weighted by Crippen LogP contribution is 2.39. The van der Waals surface area contributed by atoms with E-state index in [1.54, 1.807) is 57.3 Å². The van der Waals surface area contributed by atoms with Gasteiger partial charge in [0.15, 0.2) is 9.84 Å². The molecule has 1 aliphatic carbocycles. The van der Waals surface area contributed by atoms with Crippen LogP contribution in [0.5, 0.6) is 0 Å². The molecule has 8 nitrogen and oxygen atoms in total. The Morgan fingerprint density at radius 3 is 2.53 bits per heavy atom. The number of nitrogens with zero attached hydrogens (tertiary/aromatic N) is 3. The van der Waals surface area contributed by atoms with Gasteiger partial charge in [0.05, 0.1) is 22.0 Å². The number of hydrogen-bond donors (Lipinski definition) is 2. The van der Waals surface area contributed by atoms with Crippen LogP contribution in [-0.2, 0) is 14.6 Å². The number of benzene rings is 1. The van der Waals surface area contributed by atoms with Crippen molar-refractivity contribution in [2.45, 2.75) is 56.4 Å². The van der Waals surface area contributed by atoms with Gasteiger partial charge < -0.3 is 10.4 Å². The Morgan fingerprint density at radius 1 is 1.29 bits per heavy atom. The van der Waals surface area contributed by atoms with Gasteiger partial charge in [-0.2, -0.15) is 4.98 Å². The molecule has 1 saturated carbocycles. The summed E-state index contributed by atoms with van der Waals surface area (Å²) in [5.41, 5.74) is 0.505. The van der Waals surface area contributed by atoms with E-state index in [1.807, 2.05) is 0 Å². The van der Waals surface area contributed by atoms with Crippen LogP contribution in [0.4, 0.5) is 11.6 Å². The fourth-order valence-corrected chi connectivity index (χ4v) is 4.97. The van der Waals surface area contributed by atoms with Gasteiger partial charge in [-0.1, -0.05) is 18.1 Å². The van der Waals surface area contributed by atoms with Crippen LogP contribution in [0, 0.1) is 12.3 Å². The third kappa shape index (κ3) is 4.08. The van der Waals surface area contributed by atoms with Crippen molar-refractivity contribution in [2.75, 3.05) is 11.6 Å². The summed E-state index contributed by atoms with van der Waals surface area (Å²) in [7, 11) is -3.30. The Morgan fingerprint density at radius 2 is 1.97 bits per heavy atom. The molecular formula is C25H28N4O4S. The maximum atomic E-state index is 13.2. The summed E-state index contributed by atoms with van der Waals surface area (Å²) < 4.78 is 24.7. The summed E-state index contributed by atoms with van der Waals surface area (Å²) in [5.74, 6) is 2.70. The summed E-state index contributed by atoms with van der Waals surface area (Å²) in [6.07, 6.45) is 10.4. The van der Waals surface area contributed by atoms with Crippen molar-refractivity contribution in [3.8, 4) is 12.3 Å². The van der Waals surface area contributed by atoms with Crippen molar-refractivity contribution in [3.63, 3.8) is 0 Å². The molecule has 2 N–H and O–H groups in total. The van der Waals surface area contributed by atoms with E-state index in [0.717, 1.165) is 6.42 Å². The highest BCUT2D eigenvalue weighted by molar-refractivity contribution is 7.91. The van der Waals surface area contributed by atoms with Crippen molar-refractivity contribution in [1.29, 1.82) is 0 Å². The SMILES string of the molecule is C#Cc1cc2cnc(Nc3ccc(C(C)(C)S(C)(=O)=O)cc3)nc2n([C@@H]2CCC[C@@]2(C)O)c1=O. The molecule has 2 atom stereocenters. The quantitative estimate of drug-likeness (QED) is 0.539. The van der Waals surface area contributed by atoms with E-state index in [4.69, 9.17) is 6.42 Å². The smallest absolute Gasteiger partial charge is 0.268 e. The highest BCUT2D eigenvalue weighted by atomic mass is 32.2. The zero-order chi connectivity index (χ0) is 24.9. The lowest BCUT2D eigenvalue weighted by Crippen LogP contribution is -2.38. The van der Waals surface area contributed by atoms with Gasteiger partial charge in [-0.15, -0.1) is 6.42 Å². The number of nitrogens with one attached hydrogen (secondary N) is 1. The average molecular weight is 481 g/mol. The van der Waals surface area contributed by atoms with Crippen molar-refractivity contribution in [2.24, 2.45) is 0 Å². The minimum Gasteiger partial charge on any atom is -0.388 e. The Hall–Kier alpha value is -3.22. The van der Waals surface area contributed by atoms with Crippen molar-refractivity contribution >= 4 is 32.5 Å². The zero-order valence-electron chi connectivity index (χ0n) is 19.7. The number of hydrogen-bond acceptors (Lipinski definition) is 7. The summed E-state index contributed by atoms with van der Waals surface area (Å²) in [6, 6.07) is 8.14.